The zero-order chi connectivity index (χ0) is 14.2. The van der Waals surface area contributed by atoms with Crippen LogP contribution in [0, 0.1) is 5.92 Å². The number of carbonyl (C=O) groups excluding carboxylic acids is 2. The van der Waals surface area contributed by atoms with Crippen LogP contribution in [0.4, 0.5) is 0 Å². The number of halogens is 1. The molecule has 0 radical (unpaired) electrons. The van der Waals surface area contributed by atoms with Crippen molar-refractivity contribution in [3.63, 3.8) is 0 Å². The van der Waals surface area contributed by atoms with E-state index < -0.39 is 5.54 Å². The van der Waals surface area contributed by atoms with Gasteiger partial charge < -0.3 is 10.2 Å². The van der Waals surface area contributed by atoms with Crippen molar-refractivity contribution in [2.75, 3.05) is 6.54 Å². The van der Waals surface area contributed by atoms with E-state index in [2.05, 4.69) is 5.32 Å². The molecule has 0 aromatic carbocycles. The fraction of sp³-hybridized carbons (Fsp3) is 0.714. The maximum Gasteiger partial charge on any atom is 0.249 e. The molecule has 5 heteroatoms. The van der Waals surface area contributed by atoms with Crippen LogP contribution in [0.5, 0.6) is 0 Å². The lowest BCUT2D eigenvalue weighted by atomic mass is 9.90. The Balaban J connectivity index is 2.29. The van der Waals surface area contributed by atoms with Gasteiger partial charge in [0.1, 0.15) is 11.6 Å². The van der Waals surface area contributed by atoms with Gasteiger partial charge in [0.2, 0.25) is 11.8 Å². The molecular weight excluding hydrogens is 264 g/mol. The molecule has 1 N–H and O–H groups in total. The molecule has 1 saturated carbocycles. The molecule has 1 heterocycles. The second-order valence-corrected chi connectivity index (χ2v) is 6.06. The molecule has 2 aliphatic rings. The van der Waals surface area contributed by atoms with E-state index in [0.717, 1.165) is 18.4 Å². The van der Waals surface area contributed by atoms with Crippen molar-refractivity contribution in [1.82, 2.24) is 10.2 Å². The molecule has 1 aliphatic heterocycles. The van der Waals surface area contributed by atoms with Gasteiger partial charge in [0.25, 0.3) is 0 Å². The van der Waals surface area contributed by atoms with Crippen LogP contribution in [-0.4, -0.2) is 34.8 Å². The first-order valence-corrected chi connectivity index (χ1v) is 7.25. The third-order valence-corrected chi connectivity index (χ3v) is 4.49. The molecule has 0 aromatic heterocycles. The molecule has 1 saturated heterocycles. The first-order chi connectivity index (χ1) is 8.92. The zero-order valence-electron chi connectivity index (χ0n) is 11.7. The lowest BCUT2D eigenvalue weighted by Crippen LogP contribution is -2.69. The van der Waals surface area contributed by atoms with E-state index in [0.29, 0.717) is 18.9 Å². The number of hydrogen-bond donors (Lipinski definition) is 1. The minimum absolute atomic E-state index is 0.00404. The van der Waals surface area contributed by atoms with E-state index in [4.69, 9.17) is 11.6 Å². The third-order valence-electron chi connectivity index (χ3n) is 4.12. The fourth-order valence-corrected chi connectivity index (χ4v) is 2.65. The minimum atomic E-state index is -0.783. The predicted molar refractivity (Wildman–Crippen MR) is 74.7 cm³/mol. The highest BCUT2D eigenvalue weighted by Crippen LogP contribution is 2.38. The largest absolute Gasteiger partial charge is 0.340 e. The lowest BCUT2D eigenvalue weighted by Gasteiger charge is -2.44. The number of rotatable bonds is 4. The van der Waals surface area contributed by atoms with Gasteiger partial charge in [-0.3, -0.25) is 9.59 Å². The fourth-order valence-electron chi connectivity index (χ4n) is 2.58. The summed E-state index contributed by atoms with van der Waals surface area (Å²) >= 11 is 5.70. The normalized spacial score (nSPS) is 32.5. The Kier molecular flexibility index (Phi) is 3.90. The van der Waals surface area contributed by atoms with Crippen molar-refractivity contribution in [2.24, 2.45) is 5.92 Å². The summed E-state index contributed by atoms with van der Waals surface area (Å²) in [5.41, 5.74) is 1.59. The smallest absolute Gasteiger partial charge is 0.249 e. The second kappa shape index (κ2) is 5.16. The van der Waals surface area contributed by atoms with Crippen molar-refractivity contribution in [3.05, 3.63) is 11.1 Å². The first kappa shape index (κ1) is 14.4. The second-order valence-electron chi connectivity index (χ2n) is 5.85. The Bertz CT molecular complexity index is 431. The molecule has 106 valence electrons. The number of nitrogens with one attached hydrogen (secondary N) is 1. The molecule has 0 bridgehead atoms. The molecule has 2 unspecified atom stereocenters. The van der Waals surface area contributed by atoms with Crippen LogP contribution in [-0.2, 0) is 9.59 Å². The molecular formula is C14H21ClN2O2. The van der Waals surface area contributed by atoms with Crippen molar-refractivity contribution in [2.45, 2.75) is 51.6 Å². The van der Waals surface area contributed by atoms with Crippen LogP contribution in [0.15, 0.2) is 11.1 Å². The summed E-state index contributed by atoms with van der Waals surface area (Å²) in [6.45, 7) is 6.02. The maximum atomic E-state index is 12.7. The summed E-state index contributed by atoms with van der Waals surface area (Å²) < 4.78 is 0. The molecule has 19 heavy (non-hydrogen) atoms. The van der Waals surface area contributed by atoms with Crippen LogP contribution >= 0.6 is 11.6 Å². The van der Waals surface area contributed by atoms with Gasteiger partial charge in [-0.2, -0.15) is 0 Å². The van der Waals surface area contributed by atoms with Gasteiger partial charge in [-0.15, -0.1) is 0 Å². The number of amides is 2. The Morgan fingerprint density at radius 2 is 2.16 bits per heavy atom. The van der Waals surface area contributed by atoms with Crippen LogP contribution < -0.4 is 5.32 Å². The van der Waals surface area contributed by atoms with E-state index in [1.807, 2.05) is 13.8 Å². The lowest BCUT2D eigenvalue weighted by molar-refractivity contribution is -0.154. The molecule has 0 spiro atoms. The van der Waals surface area contributed by atoms with Gasteiger partial charge in [0, 0.05) is 12.1 Å². The Hall–Kier alpha value is -1.03. The molecule has 2 rings (SSSR count). The summed E-state index contributed by atoms with van der Waals surface area (Å²) in [6.07, 6.45) is 2.64. The van der Waals surface area contributed by atoms with E-state index in [9.17, 15) is 9.59 Å². The number of nitrogens with zero attached hydrogens (tertiary/aromatic N) is 1. The third kappa shape index (κ3) is 2.64. The summed E-state index contributed by atoms with van der Waals surface area (Å²) in [5, 5.41) is 2.90. The quantitative estimate of drug-likeness (QED) is 0.859. The topological polar surface area (TPSA) is 49.4 Å². The molecule has 2 atom stereocenters. The minimum Gasteiger partial charge on any atom is -0.340 e. The van der Waals surface area contributed by atoms with Crippen molar-refractivity contribution >= 4 is 23.4 Å². The van der Waals surface area contributed by atoms with Gasteiger partial charge in [-0.25, -0.2) is 0 Å². The Labute approximate surface area is 119 Å². The average Bonchev–Trinajstić information content (AvgIpc) is 3.19. The summed E-state index contributed by atoms with van der Waals surface area (Å²) in [7, 11) is 0. The van der Waals surface area contributed by atoms with E-state index in [1.165, 1.54) is 5.54 Å². The maximum absolute atomic E-state index is 12.7. The Morgan fingerprint density at radius 1 is 1.53 bits per heavy atom. The summed E-state index contributed by atoms with van der Waals surface area (Å²) in [5.74, 6) is 0.298. The molecule has 2 fully saturated rings. The number of piperazine rings is 1. The van der Waals surface area contributed by atoms with Crippen molar-refractivity contribution < 1.29 is 9.59 Å². The zero-order valence-corrected chi connectivity index (χ0v) is 12.5. The van der Waals surface area contributed by atoms with Crippen LogP contribution in [0.1, 0.15) is 40.0 Å². The highest BCUT2D eigenvalue weighted by molar-refractivity contribution is 6.25. The molecule has 2 amide bonds. The molecule has 1 aliphatic carbocycles. The van der Waals surface area contributed by atoms with E-state index >= 15 is 0 Å². The SMILES string of the molecule is CCC1(C)NC(=O)C(C2CC2)N(CC(C)=CCl)C1=O. The van der Waals surface area contributed by atoms with Gasteiger partial charge >= 0.3 is 0 Å². The number of hydrogen-bond acceptors (Lipinski definition) is 2. The van der Waals surface area contributed by atoms with Crippen LogP contribution in [0.3, 0.4) is 0 Å². The number of carbonyl (C=O) groups is 2. The van der Waals surface area contributed by atoms with Crippen molar-refractivity contribution in [1.29, 1.82) is 0 Å². The monoisotopic (exact) mass is 284 g/mol. The van der Waals surface area contributed by atoms with Gasteiger partial charge in [-0.05, 0) is 44.6 Å². The average molecular weight is 285 g/mol. The summed E-state index contributed by atoms with van der Waals surface area (Å²) in [4.78, 5) is 26.7. The van der Waals surface area contributed by atoms with Crippen molar-refractivity contribution in [3.8, 4) is 0 Å². The standard InChI is InChI=1S/C14H21ClN2O2/c1-4-14(3)13(19)17(8-9(2)7-15)11(10-5-6-10)12(18)16-14/h7,10-11H,4-6,8H2,1-3H3,(H,16,18). The highest BCUT2D eigenvalue weighted by Gasteiger charge is 2.51. The highest BCUT2D eigenvalue weighted by atomic mass is 35.5. The first-order valence-electron chi connectivity index (χ1n) is 6.82. The van der Waals surface area contributed by atoms with Crippen LogP contribution in [0.25, 0.3) is 0 Å². The molecule has 4 nitrogen and oxygen atoms in total. The predicted octanol–water partition coefficient (Wildman–Crippen LogP) is 2.03. The van der Waals surface area contributed by atoms with E-state index in [-0.39, 0.29) is 17.9 Å². The van der Waals surface area contributed by atoms with Gasteiger partial charge in [-0.1, -0.05) is 18.5 Å². The Morgan fingerprint density at radius 3 is 2.63 bits per heavy atom. The summed E-state index contributed by atoms with van der Waals surface area (Å²) in [6, 6.07) is -0.321. The van der Waals surface area contributed by atoms with Crippen LogP contribution in [0.2, 0.25) is 0 Å². The van der Waals surface area contributed by atoms with Gasteiger partial charge in [0.05, 0.1) is 0 Å². The van der Waals surface area contributed by atoms with E-state index in [1.54, 1.807) is 11.8 Å². The molecule has 0 aromatic rings. The van der Waals surface area contributed by atoms with Gasteiger partial charge in [0.15, 0.2) is 0 Å².